The van der Waals surface area contributed by atoms with E-state index >= 15 is 0 Å². The van der Waals surface area contributed by atoms with Crippen molar-refractivity contribution in [3.63, 3.8) is 0 Å². The van der Waals surface area contributed by atoms with Crippen LogP contribution < -0.4 is 5.32 Å². The molecule has 20 heavy (non-hydrogen) atoms. The molecule has 0 atom stereocenters. The van der Waals surface area contributed by atoms with Gasteiger partial charge in [0.2, 0.25) is 0 Å². The van der Waals surface area contributed by atoms with Gasteiger partial charge in [-0.3, -0.25) is 4.79 Å². The maximum Gasteiger partial charge on any atom is 0.355 e. The highest BCUT2D eigenvalue weighted by atomic mass is 32.1. The van der Waals surface area contributed by atoms with Crippen molar-refractivity contribution in [2.45, 2.75) is 6.92 Å². The molecule has 100 valence electrons. The molecule has 0 bridgehead atoms. The van der Waals surface area contributed by atoms with Crippen LogP contribution in [0.15, 0.2) is 23.6 Å². The molecule has 0 aliphatic heterocycles. The van der Waals surface area contributed by atoms with Crippen molar-refractivity contribution in [3.05, 3.63) is 45.4 Å². The first-order chi connectivity index (χ1) is 9.52. The summed E-state index contributed by atoms with van der Waals surface area (Å²) in [6.45, 7) is 1.76. The van der Waals surface area contributed by atoms with Gasteiger partial charge in [-0.1, -0.05) is 12.1 Å². The van der Waals surface area contributed by atoms with Gasteiger partial charge in [-0.25, -0.2) is 9.78 Å². The molecule has 0 fully saturated rings. The molecule has 0 radical (unpaired) electrons. The molecule has 0 aliphatic carbocycles. The minimum atomic E-state index is -1.19. The van der Waals surface area contributed by atoms with Gasteiger partial charge < -0.3 is 10.4 Å². The number of carbonyl (C=O) groups excluding carboxylic acids is 1. The number of carboxylic acid groups (broad SMARTS) is 1. The smallest absolute Gasteiger partial charge is 0.355 e. The van der Waals surface area contributed by atoms with Crippen LogP contribution in [-0.4, -0.2) is 22.0 Å². The number of hydrogen-bond acceptors (Lipinski definition) is 5. The molecule has 1 aromatic heterocycles. The van der Waals surface area contributed by atoms with Crippen molar-refractivity contribution >= 4 is 28.9 Å². The number of nitrogens with one attached hydrogen (secondary N) is 1. The number of aryl methyl sites for hydroxylation is 1. The van der Waals surface area contributed by atoms with Gasteiger partial charge in [0, 0.05) is 5.38 Å². The van der Waals surface area contributed by atoms with E-state index in [2.05, 4.69) is 10.3 Å². The van der Waals surface area contributed by atoms with E-state index in [4.69, 9.17) is 10.4 Å². The Morgan fingerprint density at radius 2 is 2.20 bits per heavy atom. The van der Waals surface area contributed by atoms with Crippen LogP contribution in [0.25, 0.3) is 0 Å². The maximum atomic E-state index is 12.0. The summed E-state index contributed by atoms with van der Waals surface area (Å²) in [5.41, 5.74) is 1.32. The van der Waals surface area contributed by atoms with E-state index in [0.29, 0.717) is 11.3 Å². The summed E-state index contributed by atoms with van der Waals surface area (Å²) >= 11 is 0.936. The van der Waals surface area contributed by atoms with Crippen molar-refractivity contribution in [2.24, 2.45) is 0 Å². The largest absolute Gasteiger partial charge is 0.476 e. The minimum absolute atomic E-state index is 0.0350. The third-order valence-electron chi connectivity index (χ3n) is 2.55. The Morgan fingerprint density at radius 3 is 2.80 bits per heavy atom. The van der Waals surface area contributed by atoms with Crippen LogP contribution in [0, 0.1) is 18.3 Å². The van der Waals surface area contributed by atoms with E-state index in [9.17, 15) is 9.59 Å². The summed E-state index contributed by atoms with van der Waals surface area (Å²) in [4.78, 5) is 26.4. The van der Waals surface area contributed by atoms with Crippen LogP contribution in [0.1, 0.15) is 31.4 Å². The van der Waals surface area contributed by atoms with Crippen LogP contribution >= 0.6 is 11.3 Å². The first-order valence-electron chi connectivity index (χ1n) is 5.53. The van der Waals surface area contributed by atoms with Gasteiger partial charge in [-0.05, 0) is 18.6 Å². The lowest BCUT2D eigenvalue weighted by Crippen LogP contribution is -2.13. The van der Waals surface area contributed by atoms with E-state index in [0.717, 1.165) is 16.9 Å². The van der Waals surface area contributed by atoms with Gasteiger partial charge in [0.05, 0.1) is 11.3 Å². The lowest BCUT2D eigenvalue weighted by Gasteiger charge is -2.06. The molecule has 2 aromatic rings. The van der Waals surface area contributed by atoms with Gasteiger partial charge >= 0.3 is 5.97 Å². The molecule has 0 aliphatic rings. The van der Waals surface area contributed by atoms with E-state index in [1.165, 1.54) is 5.38 Å². The number of anilines is 1. The van der Waals surface area contributed by atoms with Crippen LogP contribution in [0.3, 0.4) is 0 Å². The normalized spacial score (nSPS) is 9.80. The number of nitrogens with zero attached hydrogens (tertiary/aromatic N) is 2. The van der Waals surface area contributed by atoms with Gasteiger partial charge in [0.1, 0.15) is 6.07 Å². The number of aromatic carboxylic acids is 1. The number of carboxylic acids is 1. The second-order valence-electron chi connectivity index (χ2n) is 3.91. The summed E-state index contributed by atoms with van der Waals surface area (Å²) in [6.07, 6.45) is 0. The molecular formula is C13H9N3O3S. The lowest BCUT2D eigenvalue weighted by molar-refractivity contribution is 0.0691. The second kappa shape index (κ2) is 5.50. The summed E-state index contributed by atoms with van der Waals surface area (Å²) in [6, 6.07) is 7.11. The van der Waals surface area contributed by atoms with E-state index in [1.807, 2.05) is 6.07 Å². The summed E-state index contributed by atoms with van der Waals surface area (Å²) in [7, 11) is 0. The van der Waals surface area contributed by atoms with E-state index in [1.54, 1.807) is 25.1 Å². The predicted octanol–water partition coefficient (Wildman–Crippen LogP) is 2.27. The Balaban J connectivity index is 2.26. The van der Waals surface area contributed by atoms with Crippen LogP contribution in [-0.2, 0) is 0 Å². The van der Waals surface area contributed by atoms with Gasteiger partial charge in [-0.15, -0.1) is 11.3 Å². The number of thiazole rings is 1. The minimum Gasteiger partial charge on any atom is -0.476 e. The maximum absolute atomic E-state index is 12.0. The number of nitriles is 1. The molecule has 0 unspecified atom stereocenters. The molecule has 0 saturated carbocycles. The number of carbonyl (C=O) groups is 2. The zero-order chi connectivity index (χ0) is 14.7. The van der Waals surface area contributed by atoms with Crippen molar-refractivity contribution in [3.8, 4) is 6.07 Å². The molecule has 0 spiro atoms. The van der Waals surface area contributed by atoms with Crippen molar-refractivity contribution in [1.82, 2.24) is 4.98 Å². The molecule has 1 amide bonds. The van der Waals surface area contributed by atoms with E-state index < -0.39 is 11.9 Å². The van der Waals surface area contributed by atoms with E-state index in [-0.39, 0.29) is 10.7 Å². The molecule has 1 heterocycles. The third-order valence-corrected chi connectivity index (χ3v) is 3.39. The molecular weight excluding hydrogens is 278 g/mol. The highest BCUT2D eigenvalue weighted by Gasteiger charge is 2.16. The number of amides is 1. The molecule has 2 N–H and O–H groups in total. The first kappa shape index (κ1) is 13.7. The van der Waals surface area contributed by atoms with Crippen LogP contribution in [0.2, 0.25) is 0 Å². The summed E-state index contributed by atoms with van der Waals surface area (Å²) in [5.74, 6) is -1.72. The third kappa shape index (κ3) is 2.65. The highest BCUT2D eigenvalue weighted by molar-refractivity contribution is 7.12. The fourth-order valence-electron chi connectivity index (χ4n) is 1.57. The van der Waals surface area contributed by atoms with Crippen LogP contribution in [0.4, 0.5) is 5.69 Å². The zero-order valence-electron chi connectivity index (χ0n) is 10.4. The van der Waals surface area contributed by atoms with Gasteiger partial charge in [0.15, 0.2) is 10.7 Å². The van der Waals surface area contributed by atoms with Gasteiger partial charge in [0.25, 0.3) is 5.91 Å². The molecule has 0 saturated heterocycles. The quantitative estimate of drug-likeness (QED) is 0.901. The number of rotatable bonds is 3. The SMILES string of the molecule is Cc1cccc(NC(=O)c2nc(C(=O)O)cs2)c1C#N. The molecule has 6 nitrogen and oxygen atoms in total. The van der Waals surface area contributed by atoms with Crippen molar-refractivity contribution < 1.29 is 14.7 Å². The Labute approximate surface area is 118 Å². The Hall–Kier alpha value is -2.72. The summed E-state index contributed by atoms with van der Waals surface area (Å²) < 4.78 is 0. The molecule has 2 rings (SSSR count). The average molecular weight is 287 g/mol. The number of benzene rings is 1. The Morgan fingerprint density at radius 1 is 1.45 bits per heavy atom. The predicted molar refractivity (Wildman–Crippen MR) is 72.9 cm³/mol. The van der Waals surface area contributed by atoms with Crippen molar-refractivity contribution in [2.75, 3.05) is 5.32 Å². The second-order valence-corrected chi connectivity index (χ2v) is 4.76. The Kier molecular flexibility index (Phi) is 3.77. The Bertz CT molecular complexity index is 731. The lowest BCUT2D eigenvalue weighted by atomic mass is 10.1. The fraction of sp³-hybridized carbons (Fsp3) is 0.0769. The van der Waals surface area contributed by atoms with Gasteiger partial charge in [-0.2, -0.15) is 5.26 Å². The summed E-state index contributed by atoms with van der Waals surface area (Å²) in [5, 5.41) is 21.7. The number of hydrogen-bond donors (Lipinski definition) is 2. The first-order valence-corrected chi connectivity index (χ1v) is 6.40. The monoisotopic (exact) mass is 287 g/mol. The van der Waals surface area contributed by atoms with Crippen LogP contribution in [0.5, 0.6) is 0 Å². The average Bonchev–Trinajstić information content (AvgIpc) is 2.89. The zero-order valence-corrected chi connectivity index (χ0v) is 11.2. The number of aromatic nitrogens is 1. The molecule has 1 aromatic carbocycles. The van der Waals surface area contributed by atoms with Crippen molar-refractivity contribution in [1.29, 1.82) is 5.26 Å². The highest BCUT2D eigenvalue weighted by Crippen LogP contribution is 2.20. The standard InChI is InChI=1S/C13H9N3O3S/c1-7-3-2-4-9(8(7)5-14)15-11(17)12-16-10(6-20-12)13(18)19/h2-4,6H,1H3,(H,15,17)(H,18,19). The fourth-order valence-corrected chi connectivity index (χ4v) is 2.26. The topological polar surface area (TPSA) is 103 Å². The molecule has 7 heteroatoms.